The van der Waals surface area contributed by atoms with E-state index in [2.05, 4.69) is 10.0 Å². The minimum atomic E-state index is -3.81. The Bertz CT molecular complexity index is 884. The van der Waals surface area contributed by atoms with Gasteiger partial charge in [0.1, 0.15) is 0 Å². The summed E-state index contributed by atoms with van der Waals surface area (Å²) in [5.74, 6) is -0.227. The highest BCUT2D eigenvalue weighted by molar-refractivity contribution is 7.92. The summed E-state index contributed by atoms with van der Waals surface area (Å²) >= 11 is 11.7. The molecule has 0 spiro atoms. The van der Waals surface area contributed by atoms with Crippen molar-refractivity contribution >= 4 is 44.8 Å². The Morgan fingerprint density at radius 3 is 2.35 bits per heavy atom. The highest BCUT2D eigenvalue weighted by Crippen LogP contribution is 2.26. The van der Waals surface area contributed by atoms with Gasteiger partial charge in [0.15, 0.2) is 0 Å². The number of benzene rings is 2. The summed E-state index contributed by atoms with van der Waals surface area (Å²) in [5, 5.41) is 12.1. The van der Waals surface area contributed by atoms with Gasteiger partial charge in [-0.05, 0) is 42.8 Å². The van der Waals surface area contributed by atoms with Crippen LogP contribution in [0.25, 0.3) is 0 Å². The monoisotopic (exact) mass is 416 g/mol. The van der Waals surface area contributed by atoms with Gasteiger partial charge in [-0.25, -0.2) is 8.42 Å². The predicted octanol–water partition coefficient (Wildman–Crippen LogP) is 2.83. The van der Waals surface area contributed by atoms with Gasteiger partial charge in [0.2, 0.25) is 5.91 Å². The molecule has 1 atom stereocenters. The Hall–Kier alpha value is -1.80. The van der Waals surface area contributed by atoms with Crippen LogP contribution in [0.2, 0.25) is 10.0 Å². The van der Waals surface area contributed by atoms with Gasteiger partial charge in [-0.1, -0.05) is 35.3 Å². The number of hydrogen-bond donors (Lipinski definition) is 3. The zero-order valence-electron chi connectivity index (χ0n) is 13.9. The van der Waals surface area contributed by atoms with Crippen LogP contribution >= 0.6 is 23.2 Å². The van der Waals surface area contributed by atoms with Gasteiger partial charge in [0, 0.05) is 12.2 Å². The van der Waals surface area contributed by atoms with Crippen molar-refractivity contribution in [2.45, 2.75) is 24.3 Å². The number of halogens is 2. The molecule has 6 nitrogen and oxygen atoms in total. The minimum absolute atomic E-state index is 0.00604. The number of sulfonamides is 1. The van der Waals surface area contributed by atoms with E-state index in [-0.39, 0.29) is 33.8 Å². The van der Waals surface area contributed by atoms with Crippen LogP contribution in [0.15, 0.2) is 47.4 Å². The first kappa shape index (κ1) is 20.5. The first-order valence-corrected chi connectivity index (χ1v) is 9.93. The van der Waals surface area contributed by atoms with Crippen LogP contribution in [-0.2, 0) is 21.2 Å². The Labute approximate surface area is 162 Å². The van der Waals surface area contributed by atoms with Crippen molar-refractivity contribution in [1.29, 1.82) is 0 Å². The molecule has 140 valence electrons. The second-order valence-corrected chi connectivity index (χ2v) is 8.21. The zero-order chi connectivity index (χ0) is 19.3. The van der Waals surface area contributed by atoms with E-state index < -0.39 is 16.1 Å². The van der Waals surface area contributed by atoms with Crippen LogP contribution in [0, 0.1) is 0 Å². The van der Waals surface area contributed by atoms with Crippen LogP contribution in [0.4, 0.5) is 5.69 Å². The molecule has 0 bridgehead atoms. The molecule has 0 radical (unpaired) electrons. The highest BCUT2D eigenvalue weighted by atomic mass is 35.5. The van der Waals surface area contributed by atoms with E-state index in [4.69, 9.17) is 28.3 Å². The number of hydrogen-bond acceptors (Lipinski definition) is 4. The summed E-state index contributed by atoms with van der Waals surface area (Å²) < 4.78 is 27.2. The molecule has 0 aromatic heterocycles. The van der Waals surface area contributed by atoms with E-state index in [1.165, 1.54) is 18.2 Å². The van der Waals surface area contributed by atoms with E-state index in [1.807, 2.05) is 0 Å². The lowest BCUT2D eigenvalue weighted by Crippen LogP contribution is -2.31. The van der Waals surface area contributed by atoms with E-state index in [0.29, 0.717) is 11.3 Å². The van der Waals surface area contributed by atoms with Crippen LogP contribution < -0.4 is 10.0 Å². The van der Waals surface area contributed by atoms with Gasteiger partial charge >= 0.3 is 0 Å². The molecule has 9 heteroatoms. The molecule has 0 aliphatic heterocycles. The fourth-order valence-electron chi connectivity index (χ4n) is 2.06. The number of amides is 1. The van der Waals surface area contributed by atoms with Crippen LogP contribution in [-0.4, -0.2) is 32.1 Å². The zero-order valence-corrected chi connectivity index (χ0v) is 16.2. The molecule has 3 N–H and O–H groups in total. The van der Waals surface area contributed by atoms with Crippen LogP contribution in [0.1, 0.15) is 12.5 Å². The molecule has 2 rings (SSSR count). The fraction of sp³-hybridized carbons (Fsp3) is 0.235. The Balaban J connectivity index is 2.04. The normalized spacial score (nSPS) is 12.5. The van der Waals surface area contributed by atoms with E-state index >= 15 is 0 Å². The molecule has 0 fully saturated rings. The van der Waals surface area contributed by atoms with Crippen LogP contribution in [0.3, 0.4) is 0 Å². The van der Waals surface area contributed by atoms with Gasteiger partial charge < -0.3 is 10.4 Å². The van der Waals surface area contributed by atoms with Crippen molar-refractivity contribution in [3.63, 3.8) is 0 Å². The molecule has 0 saturated carbocycles. The average molecular weight is 417 g/mol. The van der Waals surface area contributed by atoms with Crippen molar-refractivity contribution in [2.75, 3.05) is 11.3 Å². The smallest absolute Gasteiger partial charge is 0.261 e. The molecule has 0 saturated heterocycles. The van der Waals surface area contributed by atoms with Gasteiger partial charge in [-0.2, -0.15) is 0 Å². The molecule has 2 aromatic carbocycles. The quantitative estimate of drug-likeness (QED) is 0.646. The Kier molecular flexibility index (Phi) is 6.88. The molecule has 1 amide bonds. The second-order valence-electron chi connectivity index (χ2n) is 5.71. The molecule has 2 aromatic rings. The third kappa shape index (κ3) is 5.88. The number of anilines is 1. The van der Waals surface area contributed by atoms with Crippen molar-refractivity contribution in [1.82, 2.24) is 5.32 Å². The standard InChI is InChI=1S/C17H18Cl2N2O4S/c1-11(22)10-20-17(23)8-12-2-4-13(5-3-12)21-26(24,25)14-6-7-15(18)16(19)9-14/h2-7,9,11,21-22H,8,10H2,1H3,(H,20,23). The molecular weight excluding hydrogens is 399 g/mol. The largest absolute Gasteiger partial charge is 0.392 e. The summed E-state index contributed by atoms with van der Waals surface area (Å²) in [6.07, 6.45) is -0.482. The maximum absolute atomic E-state index is 12.4. The molecule has 0 aliphatic rings. The van der Waals surface area contributed by atoms with Crippen molar-refractivity contribution in [3.8, 4) is 0 Å². The third-order valence-electron chi connectivity index (χ3n) is 3.37. The Morgan fingerprint density at radius 1 is 1.12 bits per heavy atom. The van der Waals surface area contributed by atoms with Crippen molar-refractivity contribution in [2.24, 2.45) is 0 Å². The van der Waals surface area contributed by atoms with Gasteiger partial charge in [0.25, 0.3) is 10.0 Å². The van der Waals surface area contributed by atoms with Crippen LogP contribution in [0.5, 0.6) is 0 Å². The minimum Gasteiger partial charge on any atom is -0.392 e. The third-order valence-corrected chi connectivity index (χ3v) is 5.48. The maximum atomic E-state index is 12.4. The fourth-order valence-corrected chi connectivity index (χ4v) is 3.51. The van der Waals surface area contributed by atoms with E-state index in [9.17, 15) is 13.2 Å². The molecular formula is C17H18Cl2N2O4S. The SMILES string of the molecule is CC(O)CNC(=O)Cc1ccc(NS(=O)(=O)c2ccc(Cl)c(Cl)c2)cc1. The summed E-state index contributed by atoms with van der Waals surface area (Å²) in [5.41, 5.74) is 1.06. The average Bonchev–Trinajstić information content (AvgIpc) is 2.57. The first-order valence-electron chi connectivity index (χ1n) is 7.69. The molecule has 26 heavy (non-hydrogen) atoms. The summed E-state index contributed by atoms with van der Waals surface area (Å²) in [6, 6.07) is 10.5. The van der Waals surface area contributed by atoms with Gasteiger partial charge in [-0.3, -0.25) is 9.52 Å². The lowest BCUT2D eigenvalue weighted by molar-refractivity contribution is -0.120. The summed E-state index contributed by atoms with van der Waals surface area (Å²) in [7, 11) is -3.81. The van der Waals surface area contributed by atoms with Gasteiger partial charge in [0.05, 0.1) is 27.5 Å². The molecule has 0 heterocycles. The summed E-state index contributed by atoms with van der Waals surface area (Å²) in [6.45, 7) is 1.76. The first-order chi connectivity index (χ1) is 12.2. The Morgan fingerprint density at radius 2 is 1.77 bits per heavy atom. The molecule has 0 aliphatic carbocycles. The van der Waals surface area contributed by atoms with Gasteiger partial charge in [-0.15, -0.1) is 0 Å². The topological polar surface area (TPSA) is 95.5 Å². The molecule has 1 unspecified atom stereocenters. The van der Waals surface area contributed by atoms with Crippen molar-refractivity contribution in [3.05, 3.63) is 58.1 Å². The van der Waals surface area contributed by atoms with Crippen molar-refractivity contribution < 1.29 is 18.3 Å². The lowest BCUT2D eigenvalue weighted by atomic mass is 10.1. The number of carbonyl (C=O) groups excluding carboxylic acids is 1. The number of nitrogens with one attached hydrogen (secondary N) is 2. The second kappa shape index (κ2) is 8.73. The van der Waals surface area contributed by atoms with E-state index in [1.54, 1.807) is 31.2 Å². The predicted molar refractivity (Wildman–Crippen MR) is 102 cm³/mol. The number of aliphatic hydroxyl groups excluding tert-OH is 1. The maximum Gasteiger partial charge on any atom is 0.261 e. The van der Waals surface area contributed by atoms with E-state index in [0.717, 1.165) is 0 Å². The highest BCUT2D eigenvalue weighted by Gasteiger charge is 2.16. The lowest BCUT2D eigenvalue weighted by Gasteiger charge is -2.10. The summed E-state index contributed by atoms with van der Waals surface area (Å²) in [4.78, 5) is 11.7. The number of rotatable bonds is 7. The number of aliphatic hydroxyl groups is 1. The number of carbonyl (C=O) groups is 1.